The second-order valence-electron chi connectivity index (χ2n) is 7.26. The molecular weight excluding hydrogens is 533 g/mol. The molecule has 1 aromatic heterocycles. The first kappa shape index (κ1) is 26.8. The van der Waals surface area contributed by atoms with Crippen molar-refractivity contribution in [3.05, 3.63) is 82.2 Å². The van der Waals surface area contributed by atoms with E-state index in [1.165, 1.54) is 0 Å². The molecule has 7 nitrogen and oxygen atoms in total. The van der Waals surface area contributed by atoms with Crippen LogP contribution in [0, 0.1) is 6.92 Å². The van der Waals surface area contributed by atoms with Gasteiger partial charge in [0.15, 0.2) is 0 Å². The van der Waals surface area contributed by atoms with E-state index in [4.69, 9.17) is 39.5 Å². The zero-order valence-corrected chi connectivity index (χ0v) is 21.8. The largest absolute Gasteiger partial charge is 0.462 e. The van der Waals surface area contributed by atoms with Gasteiger partial charge in [-0.1, -0.05) is 71.2 Å². The number of hydrogen-bond donors (Lipinski definition) is 3. The zero-order valence-electron chi connectivity index (χ0n) is 18.7. The van der Waals surface area contributed by atoms with E-state index in [-0.39, 0.29) is 22.0 Å². The first-order chi connectivity index (χ1) is 16.6. The lowest BCUT2D eigenvalue weighted by Gasteiger charge is -2.27. The zero-order chi connectivity index (χ0) is 25.6. The van der Waals surface area contributed by atoms with Crippen molar-refractivity contribution in [3.8, 4) is 0 Å². The van der Waals surface area contributed by atoms with Crippen LogP contribution < -0.4 is 16.0 Å². The van der Waals surface area contributed by atoms with Crippen molar-refractivity contribution in [2.75, 3.05) is 17.2 Å². The number of nitrogens with one attached hydrogen (secondary N) is 3. The SMILES string of the molecule is CCOC(=O)c1c(N[C@@H](NC(=O)c2ccccc2)C(Cl)(Cl)Cl)sc(C(=O)Nc2ccccc2)c1C. The van der Waals surface area contributed by atoms with Crippen LogP contribution in [0.5, 0.6) is 0 Å². The van der Waals surface area contributed by atoms with Crippen molar-refractivity contribution in [3.63, 3.8) is 0 Å². The number of thiophene rings is 1. The third-order valence-electron chi connectivity index (χ3n) is 4.78. The number of benzene rings is 2. The Bertz CT molecular complexity index is 1200. The predicted molar refractivity (Wildman–Crippen MR) is 141 cm³/mol. The van der Waals surface area contributed by atoms with Crippen molar-refractivity contribution < 1.29 is 19.1 Å². The van der Waals surface area contributed by atoms with Gasteiger partial charge in [-0.15, -0.1) is 11.3 Å². The fraction of sp³-hybridized carbons (Fsp3) is 0.208. The Morgan fingerprint density at radius 3 is 2.14 bits per heavy atom. The summed E-state index contributed by atoms with van der Waals surface area (Å²) >= 11 is 19.4. The molecule has 3 N–H and O–H groups in total. The molecule has 0 bridgehead atoms. The number of rotatable bonds is 8. The van der Waals surface area contributed by atoms with Crippen molar-refractivity contribution in [2.45, 2.75) is 23.8 Å². The standard InChI is InChI=1S/C24H22Cl3N3O4S/c1-3-34-22(33)17-14(2)18(20(32)28-16-12-8-5-9-13-16)35-21(17)30-23(24(25,26)27)29-19(31)15-10-6-4-7-11-15/h4-13,23,30H,3H2,1-2H3,(H,28,32)(H,29,31)/t23-/m1/s1. The van der Waals surface area contributed by atoms with E-state index in [0.717, 1.165) is 11.3 Å². The average Bonchev–Trinajstić information content (AvgIpc) is 3.15. The Labute approximate surface area is 221 Å². The lowest BCUT2D eigenvalue weighted by atomic mass is 10.1. The number of carbonyl (C=O) groups is 3. The van der Waals surface area contributed by atoms with E-state index < -0.39 is 27.7 Å². The minimum atomic E-state index is -2.00. The number of alkyl halides is 3. The van der Waals surface area contributed by atoms with Gasteiger partial charge >= 0.3 is 5.97 Å². The highest BCUT2D eigenvalue weighted by Gasteiger charge is 2.37. The molecule has 0 unspecified atom stereocenters. The average molecular weight is 555 g/mol. The number of hydrogen-bond acceptors (Lipinski definition) is 6. The summed E-state index contributed by atoms with van der Waals surface area (Å²) in [6.07, 6.45) is -1.24. The highest BCUT2D eigenvalue weighted by molar-refractivity contribution is 7.18. The topological polar surface area (TPSA) is 96.5 Å². The normalized spacial score (nSPS) is 11.9. The quantitative estimate of drug-likeness (QED) is 0.180. The molecule has 0 aliphatic carbocycles. The van der Waals surface area contributed by atoms with Crippen LogP contribution in [-0.4, -0.2) is 34.3 Å². The van der Waals surface area contributed by atoms with E-state index in [2.05, 4.69) is 16.0 Å². The van der Waals surface area contributed by atoms with Crippen molar-refractivity contribution in [1.82, 2.24) is 5.32 Å². The van der Waals surface area contributed by atoms with Gasteiger partial charge in [-0.2, -0.15) is 0 Å². The van der Waals surface area contributed by atoms with Crippen LogP contribution in [0.25, 0.3) is 0 Å². The monoisotopic (exact) mass is 553 g/mol. The van der Waals surface area contributed by atoms with E-state index in [1.54, 1.807) is 68.4 Å². The van der Waals surface area contributed by atoms with Crippen LogP contribution in [0.1, 0.15) is 42.9 Å². The third kappa shape index (κ3) is 6.89. The van der Waals surface area contributed by atoms with Gasteiger partial charge in [0.2, 0.25) is 3.79 Å². The number of carbonyl (C=O) groups excluding carboxylic acids is 3. The number of para-hydroxylation sites is 1. The summed E-state index contributed by atoms with van der Waals surface area (Å²) in [6.45, 7) is 3.42. The lowest BCUT2D eigenvalue weighted by Crippen LogP contribution is -2.49. The first-order valence-corrected chi connectivity index (χ1v) is 12.4. The number of halogens is 3. The molecule has 3 rings (SSSR count). The molecule has 184 valence electrons. The summed E-state index contributed by atoms with van der Waals surface area (Å²) in [5.41, 5.74) is 1.45. The van der Waals surface area contributed by atoms with E-state index in [1.807, 2.05) is 6.07 Å². The summed E-state index contributed by atoms with van der Waals surface area (Å²) in [6, 6.07) is 17.3. The third-order valence-corrected chi connectivity index (χ3v) is 6.65. The van der Waals surface area contributed by atoms with Crippen LogP contribution in [-0.2, 0) is 4.74 Å². The molecule has 0 fully saturated rings. The van der Waals surface area contributed by atoms with Crippen molar-refractivity contribution in [1.29, 1.82) is 0 Å². The Morgan fingerprint density at radius 1 is 0.971 bits per heavy atom. The van der Waals surface area contributed by atoms with Gasteiger partial charge in [0.1, 0.15) is 11.2 Å². The number of esters is 1. The van der Waals surface area contributed by atoms with Crippen LogP contribution in [0.15, 0.2) is 60.7 Å². The fourth-order valence-corrected chi connectivity index (χ4v) is 4.57. The highest BCUT2D eigenvalue weighted by atomic mass is 35.6. The molecule has 0 aliphatic rings. The molecule has 0 aliphatic heterocycles. The maximum atomic E-state index is 13.0. The number of ether oxygens (including phenoxy) is 1. The molecule has 0 radical (unpaired) electrons. The molecule has 0 saturated carbocycles. The fourth-order valence-electron chi connectivity index (χ4n) is 3.12. The molecule has 3 aromatic rings. The van der Waals surface area contributed by atoms with E-state index in [0.29, 0.717) is 16.8 Å². The van der Waals surface area contributed by atoms with Crippen LogP contribution in [0.4, 0.5) is 10.7 Å². The smallest absolute Gasteiger partial charge is 0.341 e. The Kier molecular flexibility index (Phi) is 9.02. The summed E-state index contributed by atoms with van der Waals surface area (Å²) in [4.78, 5) is 38.8. The van der Waals surface area contributed by atoms with Gasteiger partial charge in [-0.25, -0.2) is 4.79 Å². The predicted octanol–water partition coefficient (Wildman–Crippen LogP) is 6.02. The second-order valence-corrected chi connectivity index (χ2v) is 10.6. The number of anilines is 2. The maximum Gasteiger partial charge on any atom is 0.341 e. The summed E-state index contributed by atoms with van der Waals surface area (Å²) in [5, 5.41) is 8.55. The Morgan fingerprint density at radius 2 is 1.57 bits per heavy atom. The van der Waals surface area contributed by atoms with E-state index in [9.17, 15) is 14.4 Å². The van der Waals surface area contributed by atoms with Crippen molar-refractivity contribution >= 4 is 74.6 Å². The number of amides is 2. The molecule has 0 spiro atoms. The summed E-state index contributed by atoms with van der Waals surface area (Å²) in [5.74, 6) is -1.57. The van der Waals surface area contributed by atoms with Gasteiger partial charge < -0.3 is 20.7 Å². The molecule has 11 heteroatoms. The van der Waals surface area contributed by atoms with Crippen LogP contribution in [0.2, 0.25) is 0 Å². The van der Waals surface area contributed by atoms with Crippen LogP contribution >= 0.6 is 46.1 Å². The first-order valence-electron chi connectivity index (χ1n) is 10.5. The van der Waals surface area contributed by atoms with Gasteiger partial charge in [0.25, 0.3) is 11.8 Å². The summed E-state index contributed by atoms with van der Waals surface area (Å²) in [7, 11) is 0. The molecule has 1 heterocycles. The highest BCUT2D eigenvalue weighted by Crippen LogP contribution is 2.38. The molecule has 1 atom stereocenters. The molecule has 2 aromatic carbocycles. The van der Waals surface area contributed by atoms with Gasteiger partial charge in [0.05, 0.1) is 17.0 Å². The maximum absolute atomic E-state index is 13.0. The van der Waals surface area contributed by atoms with Crippen LogP contribution in [0.3, 0.4) is 0 Å². The van der Waals surface area contributed by atoms with Gasteiger partial charge in [-0.3, -0.25) is 9.59 Å². The minimum absolute atomic E-state index is 0.114. The molecule has 0 saturated heterocycles. The van der Waals surface area contributed by atoms with E-state index >= 15 is 0 Å². The molecule has 2 amide bonds. The van der Waals surface area contributed by atoms with Crippen molar-refractivity contribution in [2.24, 2.45) is 0 Å². The van der Waals surface area contributed by atoms with Gasteiger partial charge in [-0.05, 0) is 43.7 Å². The second kappa shape index (κ2) is 11.8. The lowest BCUT2D eigenvalue weighted by molar-refractivity contribution is 0.0527. The summed E-state index contributed by atoms with van der Waals surface area (Å²) < 4.78 is 3.19. The van der Waals surface area contributed by atoms with Gasteiger partial charge in [0, 0.05) is 11.3 Å². The Balaban J connectivity index is 1.95. The Hall–Kier alpha value is -2.78. The molecule has 35 heavy (non-hydrogen) atoms. The molecular formula is C24H22Cl3N3O4S. The minimum Gasteiger partial charge on any atom is -0.462 e.